The van der Waals surface area contributed by atoms with Gasteiger partial charge in [-0.25, -0.2) is 9.59 Å². The molecular weight excluding hydrogens is 292 g/mol. The van der Waals surface area contributed by atoms with E-state index in [4.69, 9.17) is 0 Å². The van der Waals surface area contributed by atoms with Gasteiger partial charge >= 0.3 is 12.0 Å². The molecule has 0 aromatic heterocycles. The van der Waals surface area contributed by atoms with Crippen LogP contribution >= 0.6 is 11.8 Å². The van der Waals surface area contributed by atoms with Gasteiger partial charge in [-0.1, -0.05) is 19.8 Å². The van der Waals surface area contributed by atoms with Crippen LogP contribution in [0.2, 0.25) is 0 Å². The molecule has 0 aromatic carbocycles. The van der Waals surface area contributed by atoms with Gasteiger partial charge in [0.1, 0.15) is 6.04 Å². The van der Waals surface area contributed by atoms with Crippen LogP contribution in [0.1, 0.15) is 39.0 Å². The molecule has 120 valence electrons. The molecule has 6 nitrogen and oxygen atoms in total. The van der Waals surface area contributed by atoms with Crippen molar-refractivity contribution >= 4 is 23.8 Å². The van der Waals surface area contributed by atoms with Crippen molar-refractivity contribution in [3.05, 3.63) is 0 Å². The number of aliphatic carboxylic acids is 1. The van der Waals surface area contributed by atoms with Crippen LogP contribution in [0.5, 0.6) is 0 Å². The van der Waals surface area contributed by atoms with Crippen LogP contribution in [0.15, 0.2) is 0 Å². The second kappa shape index (κ2) is 7.35. The number of hydrogen-bond acceptors (Lipinski definition) is 4. The zero-order valence-corrected chi connectivity index (χ0v) is 13.2. The van der Waals surface area contributed by atoms with Gasteiger partial charge in [-0.3, -0.25) is 4.90 Å². The SMILES string of the molecule is CCC1SCC(C(=O)O)N1C(=O)N(CCO)C1CCCC1. The number of rotatable bonds is 5. The molecule has 0 bridgehead atoms. The Morgan fingerprint density at radius 1 is 1.33 bits per heavy atom. The van der Waals surface area contributed by atoms with E-state index in [0.29, 0.717) is 5.75 Å². The van der Waals surface area contributed by atoms with E-state index in [1.807, 2.05) is 6.92 Å². The summed E-state index contributed by atoms with van der Waals surface area (Å²) in [6.07, 6.45) is 4.81. The Morgan fingerprint density at radius 2 is 2.00 bits per heavy atom. The lowest BCUT2D eigenvalue weighted by atomic mass is 10.2. The first-order valence-corrected chi connectivity index (χ1v) is 8.69. The van der Waals surface area contributed by atoms with Crippen LogP contribution in [-0.4, -0.2) is 68.4 Å². The summed E-state index contributed by atoms with van der Waals surface area (Å²) in [5, 5.41) is 18.5. The van der Waals surface area contributed by atoms with Crippen LogP contribution in [0.4, 0.5) is 4.79 Å². The molecule has 2 atom stereocenters. The molecule has 1 aliphatic heterocycles. The van der Waals surface area contributed by atoms with Crippen molar-refractivity contribution < 1.29 is 19.8 Å². The number of nitrogens with zero attached hydrogens (tertiary/aromatic N) is 2. The van der Waals surface area contributed by atoms with E-state index >= 15 is 0 Å². The van der Waals surface area contributed by atoms with E-state index in [2.05, 4.69) is 0 Å². The molecule has 21 heavy (non-hydrogen) atoms. The van der Waals surface area contributed by atoms with Gasteiger partial charge in [-0.2, -0.15) is 0 Å². The van der Waals surface area contributed by atoms with E-state index in [9.17, 15) is 19.8 Å². The fourth-order valence-electron chi connectivity index (χ4n) is 3.23. The third kappa shape index (κ3) is 3.45. The van der Waals surface area contributed by atoms with Gasteiger partial charge in [-0.15, -0.1) is 11.8 Å². The van der Waals surface area contributed by atoms with E-state index < -0.39 is 12.0 Å². The summed E-state index contributed by atoms with van der Waals surface area (Å²) >= 11 is 1.53. The monoisotopic (exact) mass is 316 g/mol. The van der Waals surface area contributed by atoms with Crippen LogP contribution in [-0.2, 0) is 4.79 Å². The fourth-order valence-corrected chi connectivity index (χ4v) is 4.57. The summed E-state index contributed by atoms with van der Waals surface area (Å²) in [5.41, 5.74) is 0. The minimum atomic E-state index is -0.942. The van der Waals surface area contributed by atoms with E-state index in [1.54, 1.807) is 4.90 Å². The van der Waals surface area contributed by atoms with Crippen LogP contribution in [0.3, 0.4) is 0 Å². The minimum Gasteiger partial charge on any atom is -0.480 e. The topological polar surface area (TPSA) is 81.1 Å². The lowest BCUT2D eigenvalue weighted by Crippen LogP contribution is -2.54. The molecule has 2 rings (SSSR count). The molecule has 2 aliphatic rings. The fraction of sp³-hybridized carbons (Fsp3) is 0.857. The second-order valence-electron chi connectivity index (χ2n) is 5.60. The van der Waals surface area contributed by atoms with Crippen molar-refractivity contribution in [1.29, 1.82) is 0 Å². The Labute approximate surface area is 129 Å². The predicted molar refractivity (Wildman–Crippen MR) is 81.2 cm³/mol. The minimum absolute atomic E-state index is 0.0822. The summed E-state index contributed by atoms with van der Waals surface area (Å²) in [6.45, 7) is 2.17. The maximum Gasteiger partial charge on any atom is 0.327 e. The Bertz CT molecular complexity index is 387. The second-order valence-corrected chi connectivity index (χ2v) is 6.81. The lowest BCUT2D eigenvalue weighted by Gasteiger charge is -2.36. The summed E-state index contributed by atoms with van der Waals surface area (Å²) in [5.74, 6) is -0.501. The van der Waals surface area contributed by atoms with E-state index in [0.717, 1.165) is 32.1 Å². The Hall–Kier alpha value is -0.950. The predicted octanol–water partition coefficient (Wildman–Crippen LogP) is 1.58. The van der Waals surface area contributed by atoms with Crippen molar-refractivity contribution in [3.8, 4) is 0 Å². The molecule has 7 heteroatoms. The maximum absolute atomic E-state index is 12.9. The van der Waals surface area contributed by atoms with Gasteiger partial charge in [0, 0.05) is 18.3 Å². The number of hydrogen-bond donors (Lipinski definition) is 2. The van der Waals surface area contributed by atoms with Crippen molar-refractivity contribution in [2.75, 3.05) is 18.9 Å². The molecule has 0 aromatic rings. The Morgan fingerprint density at radius 3 is 2.52 bits per heavy atom. The molecule has 1 heterocycles. The van der Waals surface area contributed by atoms with Crippen molar-refractivity contribution in [1.82, 2.24) is 9.80 Å². The van der Waals surface area contributed by atoms with Crippen LogP contribution < -0.4 is 0 Å². The van der Waals surface area contributed by atoms with Crippen molar-refractivity contribution in [3.63, 3.8) is 0 Å². The molecule has 1 saturated heterocycles. The average Bonchev–Trinajstić information content (AvgIpc) is 3.12. The quantitative estimate of drug-likeness (QED) is 0.805. The molecule has 0 radical (unpaired) electrons. The van der Waals surface area contributed by atoms with Crippen LogP contribution in [0, 0.1) is 0 Å². The average molecular weight is 316 g/mol. The number of carbonyl (C=O) groups excluding carboxylic acids is 1. The number of aliphatic hydroxyl groups excluding tert-OH is 1. The number of aliphatic hydroxyl groups is 1. The van der Waals surface area contributed by atoms with Gasteiger partial charge in [0.05, 0.1) is 12.0 Å². The number of carboxylic acid groups (broad SMARTS) is 1. The zero-order valence-electron chi connectivity index (χ0n) is 12.4. The van der Waals surface area contributed by atoms with Gasteiger partial charge in [0.15, 0.2) is 0 Å². The van der Waals surface area contributed by atoms with Gasteiger partial charge in [0.2, 0.25) is 0 Å². The molecule has 2 N–H and O–H groups in total. The zero-order chi connectivity index (χ0) is 15.4. The third-order valence-electron chi connectivity index (χ3n) is 4.30. The smallest absolute Gasteiger partial charge is 0.327 e. The number of carbonyl (C=O) groups is 2. The lowest BCUT2D eigenvalue weighted by molar-refractivity contribution is -0.141. The molecular formula is C14H24N2O4S. The summed E-state index contributed by atoms with van der Waals surface area (Å²) in [6, 6.07) is -0.836. The first-order valence-electron chi connectivity index (χ1n) is 7.64. The first-order chi connectivity index (χ1) is 10.1. The van der Waals surface area contributed by atoms with E-state index in [1.165, 1.54) is 16.7 Å². The highest BCUT2D eigenvalue weighted by molar-refractivity contribution is 8.00. The van der Waals surface area contributed by atoms with Gasteiger partial charge in [-0.05, 0) is 19.3 Å². The van der Waals surface area contributed by atoms with Crippen molar-refractivity contribution in [2.24, 2.45) is 0 Å². The number of carboxylic acids is 1. The molecule has 2 amide bonds. The molecule has 2 fully saturated rings. The summed E-state index contributed by atoms with van der Waals surface area (Å²) in [7, 11) is 0. The van der Waals surface area contributed by atoms with E-state index in [-0.39, 0.29) is 30.6 Å². The molecule has 0 spiro atoms. The highest BCUT2D eigenvalue weighted by Gasteiger charge is 2.43. The van der Waals surface area contributed by atoms with Crippen molar-refractivity contribution in [2.45, 2.75) is 56.5 Å². The maximum atomic E-state index is 12.9. The normalized spacial score (nSPS) is 26.3. The molecule has 1 aliphatic carbocycles. The Balaban J connectivity index is 2.17. The highest BCUT2D eigenvalue weighted by Crippen LogP contribution is 2.34. The largest absolute Gasteiger partial charge is 0.480 e. The van der Waals surface area contributed by atoms with Crippen LogP contribution in [0.25, 0.3) is 0 Å². The molecule has 2 unspecified atom stereocenters. The highest BCUT2D eigenvalue weighted by atomic mass is 32.2. The molecule has 1 saturated carbocycles. The number of urea groups is 1. The third-order valence-corrected chi connectivity index (χ3v) is 5.75. The van der Waals surface area contributed by atoms with Gasteiger partial charge < -0.3 is 15.1 Å². The first kappa shape index (κ1) is 16.4. The summed E-state index contributed by atoms with van der Waals surface area (Å²) in [4.78, 5) is 27.5. The summed E-state index contributed by atoms with van der Waals surface area (Å²) < 4.78 is 0. The number of amides is 2. The van der Waals surface area contributed by atoms with Gasteiger partial charge in [0.25, 0.3) is 0 Å². The number of thioether (sulfide) groups is 1. The standard InChI is InChI=1S/C14H24N2O4S/c1-2-12-16(11(9-21-12)13(18)19)14(20)15(7-8-17)10-5-3-4-6-10/h10-12,17H,2-9H2,1H3,(H,18,19). The Kier molecular flexibility index (Phi) is 5.75.